The number of carbonyl (C=O) groups is 2. The first-order chi connectivity index (χ1) is 21.7. The molecule has 3 aliphatic heterocycles. The molecule has 45 heavy (non-hydrogen) atoms. The van der Waals surface area contributed by atoms with Gasteiger partial charge in [-0.25, -0.2) is 9.59 Å². The second-order valence-electron chi connectivity index (χ2n) is 11.9. The number of esters is 2. The van der Waals surface area contributed by atoms with E-state index in [2.05, 4.69) is 51.3 Å². The highest BCUT2D eigenvalue weighted by Crippen LogP contribution is 2.39. The molecule has 0 amide bonds. The zero-order chi connectivity index (χ0) is 32.0. The second-order valence-corrected chi connectivity index (χ2v) is 11.9. The lowest BCUT2D eigenvalue weighted by Crippen LogP contribution is -2.58. The summed E-state index contributed by atoms with van der Waals surface area (Å²) in [4.78, 5) is 33.6. The van der Waals surface area contributed by atoms with Crippen molar-refractivity contribution in [3.63, 3.8) is 0 Å². The van der Waals surface area contributed by atoms with Crippen LogP contribution in [-0.2, 0) is 38.7 Å². The molecule has 0 bridgehead atoms. The Morgan fingerprint density at radius 3 is 2.13 bits per heavy atom. The van der Waals surface area contributed by atoms with E-state index >= 15 is 0 Å². The number of nitrogens with zero attached hydrogens (tertiary/aromatic N) is 4. The van der Waals surface area contributed by atoms with Gasteiger partial charge in [-0.05, 0) is 36.8 Å². The van der Waals surface area contributed by atoms with Gasteiger partial charge in [0, 0.05) is 31.7 Å². The number of benzene rings is 2. The molecule has 11 heteroatoms. The molecule has 4 heterocycles. The van der Waals surface area contributed by atoms with E-state index in [1.807, 2.05) is 43.3 Å². The monoisotopic (exact) mass is 618 g/mol. The number of aromatic nitrogens is 1. The lowest BCUT2D eigenvalue weighted by molar-refractivity contribution is -0.241. The maximum atomic E-state index is 12.0. The van der Waals surface area contributed by atoms with Gasteiger partial charge in [-0.1, -0.05) is 84.8 Å². The topological polar surface area (TPSA) is 127 Å². The van der Waals surface area contributed by atoms with Crippen LogP contribution in [0.1, 0.15) is 66.6 Å². The summed E-state index contributed by atoms with van der Waals surface area (Å²) in [5.41, 5.74) is 3.88. The molecule has 1 fully saturated rings. The predicted octanol–water partition coefficient (Wildman–Crippen LogP) is 4.36. The zero-order valence-corrected chi connectivity index (χ0v) is 26.3. The standard InChI is InChI=1S/C17H22N2O4.C17H20N2O3/c1-3-22-16(20)15-14-12(2)9-19(11-17(14,21)23-18-15)10-13-7-5-4-6-8-13;1-3-21-17(20)16-15-12(2)9-19(11-14(15)22-18-16)10-13-7-5-4-6-8-13/h4-8,12,14,21H,3,9-11H2,1-2H3;4-8,12H,3,9-11H2,1-2H3/t12-,14?,17?;12-/m00/s1. The van der Waals surface area contributed by atoms with E-state index in [0.29, 0.717) is 25.4 Å². The SMILES string of the molecule is CCOC(=O)C1=NOC2(O)CN(Cc3ccccc3)C[C@H](C)C12.CCOC(=O)c1noc2c1[C@@H](C)CN(Cc1ccccc1)C2. The molecule has 3 aliphatic rings. The summed E-state index contributed by atoms with van der Waals surface area (Å²) in [6.45, 7) is 12.4. The van der Waals surface area contributed by atoms with Crippen molar-refractivity contribution in [2.24, 2.45) is 17.0 Å². The Morgan fingerprint density at radius 2 is 1.51 bits per heavy atom. The summed E-state index contributed by atoms with van der Waals surface area (Å²) in [6.07, 6.45) is 0. The van der Waals surface area contributed by atoms with Gasteiger partial charge >= 0.3 is 11.9 Å². The van der Waals surface area contributed by atoms with Gasteiger partial charge in [-0.15, -0.1) is 0 Å². The third-order valence-corrected chi connectivity index (χ3v) is 8.29. The Hall–Kier alpha value is -4.06. The summed E-state index contributed by atoms with van der Waals surface area (Å²) in [5.74, 6) is -1.81. The molecule has 0 aliphatic carbocycles. The number of aliphatic hydroxyl groups is 1. The number of ether oxygens (including phenoxy) is 2. The molecule has 1 aromatic heterocycles. The van der Waals surface area contributed by atoms with Crippen molar-refractivity contribution in [1.82, 2.24) is 15.0 Å². The Morgan fingerprint density at radius 1 is 0.911 bits per heavy atom. The minimum atomic E-state index is -1.46. The summed E-state index contributed by atoms with van der Waals surface area (Å²) in [5, 5.41) is 18.6. The van der Waals surface area contributed by atoms with Gasteiger partial charge in [-0.2, -0.15) is 0 Å². The molecule has 6 rings (SSSR count). The fraction of sp³-hybridized carbons (Fsp3) is 0.471. The summed E-state index contributed by atoms with van der Waals surface area (Å²) in [6, 6.07) is 20.4. The van der Waals surface area contributed by atoms with E-state index in [0.717, 1.165) is 37.5 Å². The Labute approximate surface area is 263 Å². The molecular formula is C34H42N4O7. The first-order valence-electron chi connectivity index (χ1n) is 15.6. The number of fused-ring (bicyclic) bond motifs is 2. The number of rotatable bonds is 8. The first kappa shape index (κ1) is 32.3. The van der Waals surface area contributed by atoms with Gasteiger partial charge in [0.15, 0.2) is 17.2 Å². The van der Waals surface area contributed by atoms with Crippen molar-refractivity contribution < 1.29 is 33.5 Å². The quantitative estimate of drug-likeness (QED) is 0.364. The largest absolute Gasteiger partial charge is 0.461 e. The molecule has 3 aromatic rings. The van der Waals surface area contributed by atoms with Crippen molar-refractivity contribution in [3.05, 3.63) is 88.8 Å². The average Bonchev–Trinajstić information content (AvgIpc) is 3.61. The number of carbonyl (C=O) groups excluding carboxylic acids is 2. The fourth-order valence-corrected chi connectivity index (χ4v) is 6.53. The molecule has 2 aromatic carbocycles. The molecule has 4 atom stereocenters. The minimum absolute atomic E-state index is 0.0307. The van der Waals surface area contributed by atoms with E-state index < -0.39 is 23.6 Å². The van der Waals surface area contributed by atoms with Gasteiger partial charge in [0.1, 0.15) is 0 Å². The van der Waals surface area contributed by atoms with Crippen molar-refractivity contribution in [3.8, 4) is 0 Å². The highest BCUT2D eigenvalue weighted by Gasteiger charge is 2.56. The summed E-state index contributed by atoms with van der Waals surface area (Å²) < 4.78 is 15.5. The Kier molecular flexibility index (Phi) is 10.3. The van der Waals surface area contributed by atoms with Crippen LogP contribution < -0.4 is 0 Å². The number of hydrogen-bond donors (Lipinski definition) is 1. The van der Waals surface area contributed by atoms with E-state index in [-0.39, 0.29) is 24.2 Å². The third-order valence-electron chi connectivity index (χ3n) is 8.29. The van der Waals surface area contributed by atoms with Crippen LogP contribution in [0.4, 0.5) is 0 Å². The first-order valence-corrected chi connectivity index (χ1v) is 15.6. The zero-order valence-electron chi connectivity index (χ0n) is 26.3. The lowest BCUT2D eigenvalue weighted by atomic mass is 9.79. The number of oxime groups is 1. The molecule has 240 valence electrons. The molecule has 1 saturated heterocycles. The van der Waals surface area contributed by atoms with E-state index in [1.165, 1.54) is 11.1 Å². The minimum Gasteiger partial charge on any atom is -0.461 e. The molecular weight excluding hydrogens is 576 g/mol. The molecule has 0 radical (unpaired) electrons. The summed E-state index contributed by atoms with van der Waals surface area (Å²) >= 11 is 0. The van der Waals surface area contributed by atoms with Gasteiger partial charge in [-0.3, -0.25) is 9.80 Å². The number of piperidine rings is 1. The van der Waals surface area contributed by atoms with Crippen LogP contribution >= 0.6 is 0 Å². The number of β-amino-alcohol motifs (C(OH)–C–C–N with tert-alkyl or cyclic N) is 1. The van der Waals surface area contributed by atoms with E-state index in [4.69, 9.17) is 18.8 Å². The highest BCUT2D eigenvalue weighted by molar-refractivity contribution is 6.37. The van der Waals surface area contributed by atoms with E-state index in [9.17, 15) is 14.7 Å². The van der Waals surface area contributed by atoms with Crippen LogP contribution in [0.5, 0.6) is 0 Å². The number of likely N-dealkylation sites (tertiary alicyclic amines) is 1. The third kappa shape index (κ3) is 7.43. The van der Waals surface area contributed by atoms with Crippen LogP contribution in [0, 0.1) is 11.8 Å². The number of hydrogen-bond acceptors (Lipinski definition) is 11. The van der Waals surface area contributed by atoms with Crippen molar-refractivity contribution in [1.29, 1.82) is 0 Å². The van der Waals surface area contributed by atoms with Crippen molar-refractivity contribution >= 4 is 17.7 Å². The van der Waals surface area contributed by atoms with Crippen LogP contribution in [-0.4, -0.2) is 76.3 Å². The Bertz CT molecular complexity index is 1480. The fourth-order valence-electron chi connectivity index (χ4n) is 6.53. The lowest BCUT2D eigenvalue weighted by Gasteiger charge is -2.42. The maximum absolute atomic E-state index is 12.0. The van der Waals surface area contributed by atoms with E-state index in [1.54, 1.807) is 13.8 Å². The molecule has 1 N–H and O–H groups in total. The van der Waals surface area contributed by atoms with Crippen LogP contribution in [0.2, 0.25) is 0 Å². The van der Waals surface area contributed by atoms with Crippen LogP contribution in [0.25, 0.3) is 0 Å². The smallest absolute Gasteiger partial charge is 0.360 e. The predicted molar refractivity (Wildman–Crippen MR) is 166 cm³/mol. The normalized spacial score (nSPS) is 24.3. The molecule has 11 nitrogen and oxygen atoms in total. The average molecular weight is 619 g/mol. The Balaban J connectivity index is 0.000000178. The highest BCUT2D eigenvalue weighted by atomic mass is 16.7. The van der Waals surface area contributed by atoms with Crippen molar-refractivity contribution in [2.75, 3.05) is 32.8 Å². The summed E-state index contributed by atoms with van der Waals surface area (Å²) in [7, 11) is 0. The van der Waals surface area contributed by atoms with Gasteiger partial charge < -0.3 is 23.9 Å². The van der Waals surface area contributed by atoms with Gasteiger partial charge in [0.25, 0.3) is 5.79 Å². The van der Waals surface area contributed by atoms with Crippen LogP contribution in [0.3, 0.4) is 0 Å². The van der Waals surface area contributed by atoms with Crippen LogP contribution in [0.15, 0.2) is 70.3 Å². The maximum Gasteiger partial charge on any atom is 0.360 e. The van der Waals surface area contributed by atoms with Gasteiger partial charge in [0.2, 0.25) is 0 Å². The molecule has 0 spiro atoms. The molecule has 2 unspecified atom stereocenters. The molecule has 0 saturated carbocycles. The second kappa shape index (κ2) is 14.4. The van der Waals surface area contributed by atoms with Gasteiger partial charge in [0.05, 0.1) is 32.2 Å². The van der Waals surface area contributed by atoms with Crippen molar-refractivity contribution in [2.45, 2.75) is 59.0 Å².